The quantitative estimate of drug-likeness (QED) is 0.241. The van der Waals surface area contributed by atoms with Crippen LogP contribution in [0.25, 0.3) is 0 Å². The zero-order valence-electron chi connectivity index (χ0n) is 27.4. The summed E-state index contributed by atoms with van der Waals surface area (Å²) in [6.45, 7) is 18.5. The van der Waals surface area contributed by atoms with Gasteiger partial charge in [0.1, 0.15) is 6.10 Å². The molecular weight excluding hydrogens is 528 g/mol. The highest BCUT2D eigenvalue weighted by atomic mass is 16.5. The van der Waals surface area contributed by atoms with Crippen LogP contribution in [0.4, 0.5) is 0 Å². The van der Waals surface area contributed by atoms with Gasteiger partial charge in [0.15, 0.2) is 0 Å². The summed E-state index contributed by atoms with van der Waals surface area (Å²) in [6, 6.07) is 0. The molecule has 0 radical (unpaired) electrons. The fraction of sp³-hybridized carbons (Fsp3) is 0.861. The largest absolute Gasteiger partial charge is 0.481 e. The Hall–Kier alpha value is -1.85. The van der Waals surface area contributed by atoms with Crippen LogP contribution in [-0.2, 0) is 19.1 Å². The molecule has 42 heavy (non-hydrogen) atoms. The first kappa shape index (κ1) is 31.6. The molecule has 0 aromatic carbocycles. The molecule has 0 bridgehead atoms. The first-order valence-corrected chi connectivity index (χ1v) is 16.8. The van der Waals surface area contributed by atoms with Crippen LogP contribution in [0.1, 0.15) is 126 Å². The minimum absolute atomic E-state index is 0.00737. The summed E-state index contributed by atoms with van der Waals surface area (Å²) >= 11 is 0. The zero-order chi connectivity index (χ0) is 31.0. The molecule has 0 saturated heterocycles. The monoisotopic (exact) mass is 584 g/mol. The molecule has 0 heterocycles. The van der Waals surface area contributed by atoms with E-state index in [1.807, 2.05) is 0 Å². The van der Waals surface area contributed by atoms with Crippen LogP contribution in [0.15, 0.2) is 11.6 Å². The number of fused-ring (bicyclic) bond motifs is 7. The maximum absolute atomic E-state index is 12.9. The summed E-state index contributed by atoms with van der Waals surface area (Å²) in [7, 11) is 0. The second-order valence-corrected chi connectivity index (χ2v) is 16.9. The molecule has 0 aromatic rings. The van der Waals surface area contributed by atoms with E-state index in [1.54, 1.807) is 6.92 Å². The molecule has 6 nitrogen and oxygen atoms in total. The highest BCUT2D eigenvalue weighted by Gasteiger charge is 2.69. The van der Waals surface area contributed by atoms with Crippen LogP contribution < -0.4 is 0 Å². The SMILES string of the molecule is CC(CC(=O)O)CC(=O)O[C@H]1CC[C@]2(C)[C@H]3CC=C4[C@@H]5[C@@H](C)[C@H](C)CC[C@]5(C(=O)O)CC[C@@]4(C)[C@]3(C)CC[C@H]2C1(C)C. The summed E-state index contributed by atoms with van der Waals surface area (Å²) < 4.78 is 6.13. The van der Waals surface area contributed by atoms with Crippen molar-refractivity contribution in [2.24, 2.45) is 62.6 Å². The van der Waals surface area contributed by atoms with Gasteiger partial charge in [-0.25, -0.2) is 0 Å². The van der Waals surface area contributed by atoms with Crippen molar-refractivity contribution in [3.8, 4) is 0 Å². The molecule has 5 aliphatic rings. The van der Waals surface area contributed by atoms with Crippen LogP contribution in [0.3, 0.4) is 0 Å². The van der Waals surface area contributed by atoms with Crippen molar-refractivity contribution in [2.45, 2.75) is 132 Å². The van der Waals surface area contributed by atoms with Gasteiger partial charge in [-0.15, -0.1) is 0 Å². The Morgan fingerprint density at radius 3 is 2.24 bits per heavy atom. The first-order valence-electron chi connectivity index (χ1n) is 16.8. The van der Waals surface area contributed by atoms with Crippen molar-refractivity contribution in [2.75, 3.05) is 0 Å². The summed E-state index contributed by atoms with van der Waals surface area (Å²) in [6.07, 6.45) is 11.1. The number of carbonyl (C=O) groups excluding carboxylic acids is 1. The van der Waals surface area contributed by atoms with Gasteiger partial charge in [0.2, 0.25) is 0 Å². The van der Waals surface area contributed by atoms with Gasteiger partial charge in [0.25, 0.3) is 0 Å². The summed E-state index contributed by atoms with van der Waals surface area (Å²) in [4.78, 5) is 36.9. The molecular formula is C36H56O6. The standard InChI is InChI=1S/C36H56O6/c1-21(19-28(37)38)20-29(39)42-27-13-14-33(6)25(32(27,4)5)12-15-35(8)26(33)10-9-24-30-23(3)22(2)11-16-36(30,31(40)41)18-17-34(24,35)7/h9,21-23,25-27,30H,10-20H2,1-8H3,(H,37,38)(H,40,41)/t21?,22-,23+,25+,26-,27+,30+,33+,34-,35-,36+/m1/s1. The molecule has 11 atom stereocenters. The topological polar surface area (TPSA) is 101 Å². The Morgan fingerprint density at radius 2 is 1.60 bits per heavy atom. The van der Waals surface area contributed by atoms with Crippen molar-refractivity contribution in [1.82, 2.24) is 0 Å². The van der Waals surface area contributed by atoms with Gasteiger partial charge in [-0.05, 0) is 110 Å². The lowest BCUT2D eigenvalue weighted by molar-refractivity contribution is -0.214. The highest BCUT2D eigenvalue weighted by molar-refractivity contribution is 5.77. The third kappa shape index (κ3) is 4.42. The zero-order valence-corrected chi connectivity index (χ0v) is 27.4. The van der Waals surface area contributed by atoms with E-state index in [9.17, 15) is 19.5 Å². The fourth-order valence-corrected chi connectivity index (χ4v) is 11.9. The van der Waals surface area contributed by atoms with E-state index < -0.39 is 17.4 Å². The third-order valence-corrected chi connectivity index (χ3v) is 14.7. The molecule has 0 spiro atoms. The number of allylic oxidation sites excluding steroid dienone is 2. The van der Waals surface area contributed by atoms with E-state index >= 15 is 0 Å². The molecule has 4 saturated carbocycles. The minimum Gasteiger partial charge on any atom is -0.481 e. The Balaban J connectivity index is 1.43. The van der Waals surface area contributed by atoms with Crippen LogP contribution in [0, 0.1) is 62.6 Å². The van der Waals surface area contributed by atoms with Gasteiger partial charge in [-0.3, -0.25) is 14.4 Å². The molecule has 0 aliphatic heterocycles. The van der Waals surface area contributed by atoms with Crippen molar-refractivity contribution in [3.05, 3.63) is 11.6 Å². The molecule has 6 heteroatoms. The predicted molar refractivity (Wildman–Crippen MR) is 163 cm³/mol. The Kier molecular flexibility index (Phi) is 7.79. The Bertz CT molecular complexity index is 1160. The van der Waals surface area contributed by atoms with Crippen LogP contribution in [0.2, 0.25) is 0 Å². The summed E-state index contributed by atoms with van der Waals surface area (Å²) in [5, 5.41) is 19.7. The second-order valence-electron chi connectivity index (χ2n) is 16.9. The highest BCUT2D eigenvalue weighted by Crippen LogP contribution is 2.75. The van der Waals surface area contributed by atoms with E-state index in [0.717, 1.165) is 57.8 Å². The van der Waals surface area contributed by atoms with Crippen LogP contribution in [-0.4, -0.2) is 34.2 Å². The maximum Gasteiger partial charge on any atom is 0.310 e. The van der Waals surface area contributed by atoms with Crippen molar-refractivity contribution in [3.63, 3.8) is 0 Å². The number of rotatable bonds is 6. The average molecular weight is 585 g/mol. The molecule has 4 fully saturated rings. The smallest absolute Gasteiger partial charge is 0.310 e. The van der Waals surface area contributed by atoms with Crippen molar-refractivity contribution in [1.29, 1.82) is 0 Å². The van der Waals surface area contributed by atoms with Gasteiger partial charge in [0, 0.05) is 18.3 Å². The molecule has 236 valence electrons. The third-order valence-electron chi connectivity index (χ3n) is 14.7. The first-order chi connectivity index (χ1) is 19.4. The lowest BCUT2D eigenvalue weighted by atomic mass is 9.33. The molecule has 5 aliphatic carbocycles. The van der Waals surface area contributed by atoms with Gasteiger partial charge in [0.05, 0.1) is 5.41 Å². The van der Waals surface area contributed by atoms with E-state index in [1.165, 1.54) is 5.57 Å². The van der Waals surface area contributed by atoms with Gasteiger partial charge in [-0.2, -0.15) is 0 Å². The lowest BCUT2D eigenvalue weighted by Crippen LogP contribution is -2.65. The van der Waals surface area contributed by atoms with E-state index in [-0.39, 0.29) is 58.4 Å². The van der Waals surface area contributed by atoms with E-state index in [2.05, 4.69) is 54.5 Å². The van der Waals surface area contributed by atoms with E-state index in [0.29, 0.717) is 23.7 Å². The van der Waals surface area contributed by atoms with Crippen molar-refractivity contribution >= 4 is 17.9 Å². The Labute approximate surface area is 253 Å². The number of carboxylic acids is 2. The molecule has 0 aromatic heterocycles. The minimum atomic E-state index is -0.883. The Morgan fingerprint density at radius 1 is 0.905 bits per heavy atom. The summed E-state index contributed by atoms with van der Waals surface area (Å²) in [5.41, 5.74) is 0.865. The van der Waals surface area contributed by atoms with Crippen molar-refractivity contribution < 1.29 is 29.3 Å². The predicted octanol–water partition coefficient (Wildman–Crippen LogP) is 8.14. The van der Waals surface area contributed by atoms with Gasteiger partial charge >= 0.3 is 17.9 Å². The maximum atomic E-state index is 12.9. The van der Waals surface area contributed by atoms with Gasteiger partial charge < -0.3 is 14.9 Å². The van der Waals surface area contributed by atoms with Gasteiger partial charge in [-0.1, -0.05) is 67.0 Å². The number of ether oxygens (including phenoxy) is 1. The lowest BCUT2D eigenvalue weighted by Gasteiger charge is -2.71. The number of hydrogen-bond donors (Lipinski definition) is 2. The summed E-state index contributed by atoms with van der Waals surface area (Å²) in [5.74, 6) is -0.0322. The molecule has 0 amide bonds. The number of aliphatic carboxylic acids is 2. The van der Waals surface area contributed by atoms with E-state index in [4.69, 9.17) is 9.84 Å². The molecule has 5 rings (SSSR count). The molecule has 1 unspecified atom stereocenters. The molecule has 2 N–H and O–H groups in total. The number of hydrogen-bond acceptors (Lipinski definition) is 4. The normalized spacial score (nSPS) is 46.5. The second kappa shape index (κ2) is 10.4. The number of esters is 1. The van der Waals surface area contributed by atoms with Crippen LogP contribution in [0.5, 0.6) is 0 Å². The van der Waals surface area contributed by atoms with Crippen LogP contribution >= 0.6 is 0 Å². The average Bonchev–Trinajstić information content (AvgIpc) is 2.87. The fourth-order valence-electron chi connectivity index (χ4n) is 11.9. The number of carbonyl (C=O) groups is 3. The number of carboxylic acid groups (broad SMARTS) is 2.